The molecule has 1 heterocycles. The van der Waals surface area contributed by atoms with Gasteiger partial charge in [-0.15, -0.1) is 0 Å². The van der Waals surface area contributed by atoms with Gasteiger partial charge in [-0.2, -0.15) is 0 Å². The molecule has 0 radical (unpaired) electrons. The Morgan fingerprint density at radius 3 is 1.96 bits per heavy atom. The molecule has 0 saturated carbocycles. The van der Waals surface area contributed by atoms with Crippen LogP contribution in [0.25, 0.3) is 0 Å². The van der Waals surface area contributed by atoms with E-state index >= 15 is 0 Å². The predicted octanol–water partition coefficient (Wildman–Crippen LogP) is 4.70. The van der Waals surface area contributed by atoms with Crippen LogP contribution >= 0.6 is 0 Å². The third kappa shape index (κ3) is 5.22. The van der Waals surface area contributed by atoms with Gasteiger partial charge in [-0.05, 0) is 49.4 Å². The number of ether oxygens (including phenoxy) is 1. The standard InChI is InChI=1S/C25H35NO2/c1-21(2)15-18-28-20-24(19-26-16-9-10-17-26)25(27,22-11-5-3-6-12-22)23-13-7-4-8-14-23/h3-8,11-14,21,24,27H,9-10,15-20H2,1-2H3. The van der Waals surface area contributed by atoms with Crippen molar-refractivity contribution in [1.82, 2.24) is 4.90 Å². The van der Waals surface area contributed by atoms with Gasteiger partial charge in [0.15, 0.2) is 0 Å². The van der Waals surface area contributed by atoms with Gasteiger partial charge >= 0.3 is 0 Å². The maximum absolute atomic E-state index is 12.2. The van der Waals surface area contributed by atoms with E-state index in [2.05, 4.69) is 18.7 Å². The van der Waals surface area contributed by atoms with Gasteiger partial charge in [-0.25, -0.2) is 0 Å². The van der Waals surface area contributed by atoms with Crippen molar-refractivity contribution < 1.29 is 9.84 Å². The van der Waals surface area contributed by atoms with Gasteiger partial charge in [-0.3, -0.25) is 0 Å². The van der Waals surface area contributed by atoms with E-state index in [1.54, 1.807) is 0 Å². The summed E-state index contributed by atoms with van der Waals surface area (Å²) in [4.78, 5) is 2.48. The van der Waals surface area contributed by atoms with E-state index in [4.69, 9.17) is 4.74 Å². The van der Waals surface area contributed by atoms with Gasteiger partial charge in [0.25, 0.3) is 0 Å². The molecule has 0 amide bonds. The maximum atomic E-state index is 12.2. The Labute approximate surface area is 170 Å². The molecular weight excluding hydrogens is 346 g/mol. The molecular formula is C25H35NO2. The molecule has 28 heavy (non-hydrogen) atoms. The molecule has 2 aromatic rings. The summed E-state index contributed by atoms with van der Waals surface area (Å²) in [6.45, 7) is 8.81. The highest BCUT2D eigenvalue weighted by molar-refractivity contribution is 5.37. The van der Waals surface area contributed by atoms with Gasteiger partial charge < -0.3 is 14.7 Å². The van der Waals surface area contributed by atoms with Crippen LogP contribution in [-0.4, -0.2) is 42.9 Å². The maximum Gasteiger partial charge on any atom is 0.121 e. The van der Waals surface area contributed by atoms with E-state index in [1.165, 1.54) is 12.8 Å². The van der Waals surface area contributed by atoms with E-state index in [0.717, 1.165) is 43.8 Å². The normalized spacial score (nSPS) is 16.6. The van der Waals surface area contributed by atoms with Crippen molar-refractivity contribution in [2.45, 2.75) is 38.7 Å². The molecule has 1 fully saturated rings. The topological polar surface area (TPSA) is 32.7 Å². The molecule has 0 spiro atoms. The first kappa shape index (κ1) is 21.0. The summed E-state index contributed by atoms with van der Waals surface area (Å²) < 4.78 is 6.12. The Hall–Kier alpha value is -1.68. The first-order valence-electron chi connectivity index (χ1n) is 10.7. The zero-order valence-corrected chi connectivity index (χ0v) is 17.4. The largest absolute Gasteiger partial charge is 0.381 e. The molecule has 0 bridgehead atoms. The lowest BCUT2D eigenvalue weighted by molar-refractivity contribution is -0.0430. The first-order chi connectivity index (χ1) is 13.6. The molecule has 2 aromatic carbocycles. The molecule has 1 aliphatic rings. The second kappa shape index (κ2) is 10.2. The van der Waals surface area contributed by atoms with Gasteiger partial charge in [-0.1, -0.05) is 74.5 Å². The van der Waals surface area contributed by atoms with Crippen molar-refractivity contribution in [3.05, 3.63) is 71.8 Å². The summed E-state index contributed by atoms with van der Waals surface area (Å²) >= 11 is 0. The lowest BCUT2D eigenvalue weighted by Crippen LogP contribution is -2.45. The summed E-state index contributed by atoms with van der Waals surface area (Å²) in [5, 5.41) is 12.2. The number of hydrogen-bond acceptors (Lipinski definition) is 3. The molecule has 1 N–H and O–H groups in total. The van der Waals surface area contributed by atoms with Crippen LogP contribution in [0.15, 0.2) is 60.7 Å². The summed E-state index contributed by atoms with van der Waals surface area (Å²) in [5.74, 6) is 0.599. The molecule has 3 nitrogen and oxygen atoms in total. The van der Waals surface area contributed by atoms with Crippen molar-refractivity contribution in [2.24, 2.45) is 11.8 Å². The minimum Gasteiger partial charge on any atom is -0.381 e. The fourth-order valence-corrected chi connectivity index (χ4v) is 4.15. The van der Waals surface area contributed by atoms with Crippen molar-refractivity contribution in [3.8, 4) is 0 Å². The molecule has 3 rings (SSSR count). The average molecular weight is 382 g/mol. The molecule has 0 aromatic heterocycles. The summed E-state index contributed by atoms with van der Waals surface area (Å²) in [6, 6.07) is 20.2. The SMILES string of the molecule is CC(C)CCOCC(CN1CCCC1)C(O)(c1ccccc1)c1ccccc1. The van der Waals surface area contributed by atoms with Crippen molar-refractivity contribution in [3.63, 3.8) is 0 Å². The van der Waals surface area contributed by atoms with Crippen LogP contribution in [0.1, 0.15) is 44.2 Å². The third-order valence-electron chi connectivity index (χ3n) is 5.85. The van der Waals surface area contributed by atoms with Gasteiger partial charge in [0.2, 0.25) is 0 Å². The van der Waals surface area contributed by atoms with Crippen LogP contribution in [0, 0.1) is 11.8 Å². The number of benzene rings is 2. The second-order valence-electron chi connectivity index (χ2n) is 8.46. The van der Waals surface area contributed by atoms with Crippen molar-refractivity contribution in [1.29, 1.82) is 0 Å². The lowest BCUT2D eigenvalue weighted by Gasteiger charge is -2.39. The Balaban J connectivity index is 1.90. The van der Waals surface area contributed by atoms with Crippen LogP contribution in [0.4, 0.5) is 0 Å². The minimum atomic E-state index is -1.07. The average Bonchev–Trinajstić information content (AvgIpc) is 3.24. The fourth-order valence-electron chi connectivity index (χ4n) is 4.15. The van der Waals surface area contributed by atoms with E-state index in [-0.39, 0.29) is 5.92 Å². The van der Waals surface area contributed by atoms with Crippen molar-refractivity contribution in [2.75, 3.05) is 32.8 Å². The number of aliphatic hydroxyl groups is 1. The third-order valence-corrected chi connectivity index (χ3v) is 5.85. The summed E-state index contributed by atoms with van der Waals surface area (Å²) in [7, 11) is 0. The highest BCUT2D eigenvalue weighted by Gasteiger charge is 2.41. The predicted molar refractivity (Wildman–Crippen MR) is 115 cm³/mol. The lowest BCUT2D eigenvalue weighted by atomic mass is 9.76. The quantitative estimate of drug-likeness (QED) is 0.606. The molecule has 1 saturated heterocycles. The number of likely N-dealkylation sites (tertiary alicyclic amines) is 1. The number of hydrogen-bond donors (Lipinski definition) is 1. The molecule has 1 atom stereocenters. The smallest absolute Gasteiger partial charge is 0.121 e. The van der Waals surface area contributed by atoms with Crippen molar-refractivity contribution >= 4 is 0 Å². The van der Waals surface area contributed by atoms with Gasteiger partial charge in [0.1, 0.15) is 5.60 Å². The van der Waals surface area contributed by atoms with E-state index in [0.29, 0.717) is 12.5 Å². The van der Waals surface area contributed by atoms with Crippen LogP contribution in [0.3, 0.4) is 0 Å². The Morgan fingerprint density at radius 2 is 1.46 bits per heavy atom. The van der Waals surface area contributed by atoms with E-state index < -0.39 is 5.60 Å². The molecule has 3 heteroatoms. The highest BCUT2D eigenvalue weighted by Crippen LogP contribution is 2.38. The van der Waals surface area contributed by atoms with Gasteiger partial charge in [0, 0.05) is 19.1 Å². The molecule has 1 aliphatic heterocycles. The Kier molecular flexibility index (Phi) is 7.66. The second-order valence-corrected chi connectivity index (χ2v) is 8.46. The molecule has 0 aliphatic carbocycles. The van der Waals surface area contributed by atoms with Crippen LogP contribution in [0.5, 0.6) is 0 Å². The summed E-state index contributed by atoms with van der Waals surface area (Å²) in [5.41, 5.74) is 0.818. The first-order valence-corrected chi connectivity index (χ1v) is 10.7. The number of nitrogens with zero attached hydrogens (tertiary/aromatic N) is 1. The highest BCUT2D eigenvalue weighted by atomic mass is 16.5. The van der Waals surface area contributed by atoms with E-state index in [1.807, 2.05) is 60.7 Å². The zero-order valence-electron chi connectivity index (χ0n) is 17.4. The minimum absolute atomic E-state index is 0.0254. The van der Waals surface area contributed by atoms with Crippen LogP contribution in [-0.2, 0) is 10.3 Å². The Bertz CT molecular complexity index is 641. The summed E-state index contributed by atoms with van der Waals surface area (Å²) in [6.07, 6.45) is 3.54. The zero-order chi connectivity index (χ0) is 19.8. The molecule has 152 valence electrons. The van der Waals surface area contributed by atoms with Crippen LogP contribution in [0.2, 0.25) is 0 Å². The Morgan fingerprint density at radius 1 is 0.929 bits per heavy atom. The van der Waals surface area contributed by atoms with Crippen LogP contribution < -0.4 is 0 Å². The van der Waals surface area contributed by atoms with Gasteiger partial charge in [0.05, 0.1) is 6.61 Å². The van der Waals surface area contributed by atoms with E-state index in [9.17, 15) is 5.11 Å². The number of rotatable bonds is 10. The monoisotopic (exact) mass is 381 g/mol. The fraction of sp³-hybridized carbons (Fsp3) is 0.520. The molecule has 1 unspecified atom stereocenters.